The number of anilines is 4. The zero-order valence-electron chi connectivity index (χ0n) is 21.7. The fraction of sp³-hybridized carbons (Fsp3) is 0.407. The highest BCUT2D eigenvalue weighted by atomic mass is 32.1. The third kappa shape index (κ3) is 4.59. The van der Waals surface area contributed by atoms with E-state index in [2.05, 4.69) is 21.1 Å². The number of carbonyl (C=O) groups excluding carboxylic acids is 1. The minimum atomic E-state index is -0.202. The standard InChI is InChI=1S/C27H29N7O5S/c28-16-3-1-2-4-17(16)30-20-9-14-12-29-27(36)23(14)26(31-20)32-21-10-18(33-39-21)15-13-40-25-19(35)11-22(38-24(15)25)34-5-7-37-8-6-34/h9-11,13,16-17H,1-8,12,28H2,(H,29,36)(H2,30,31,32)/t16-,17+/m1/s1. The van der Waals surface area contributed by atoms with Gasteiger partial charge in [-0.05, 0) is 24.5 Å². The molecule has 5 N–H and O–H groups in total. The van der Waals surface area contributed by atoms with E-state index in [0.717, 1.165) is 31.2 Å². The van der Waals surface area contributed by atoms with E-state index < -0.39 is 0 Å². The Hall–Kier alpha value is -3.94. The molecule has 0 aromatic carbocycles. The Morgan fingerprint density at radius 1 is 1.12 bits per heavy atom. The summed E-state index contributed by atoms with van der Waals surface area (Å²) in [6, 6.07) is 5.32. The number of rotatable bonds is 6. The summed E-state index contributed by atoms with van der Waals surface area (Å²) in [6.45, 7) is 2.88. The first-order valence-corrected chi connectivity index (χ1v) is 14.4. The summed E-state index contributed by atoms with van der Waals surface area (Å²) in [5.41, 5.74) is 9.17. The number of nitrogens with zero attached hydrogens (tertiary/aromatic N) is 3. The number of carbonyl (C=O) groups is 1. The number of nitrogens with one attached hydrogen (secondary N) is 3. The first-order chi connectivity index (χ1) is 19.5. The van der Waals surface area contributed by atoms with E-state index in [4.69, 9.17) is 24.4 Å². The number of thiophene rings is 1. The third-order valence-electron chi connectivity index (χ3n) is 7.70. The summed E-state index contributed by atoms with van der Waals surface area (Å²) in [6.07, 6.45) is 4.20. The van der Waals surface area contributed by atoms with Crippen molar-refractivity contribution in [1.29, 1.82) is 0 Å². The van der Waals surface area contributed by atoms with Gasteiger partial charge in [-0.15, -0.1) is 11.3 Å². The van der Waals surface area contributed by atoms with E-state index in [1.54, 1.807) is 6.07 Å². The van der Waals surface area contributed by atoms with Crippen LogP contribution in [0.3, 0.4) is 0 Å². The maximum Gasteiger partial charge on any atom is 0.255 e. The van der Waals surface area contributed by atoms with E-state index >= 15 is 0 Å². The van der Waals surface area contributed by atoms with Gasteiger partial charge in [0.1, 0.15) is 22.0 Å². The van der Waals surface area contributed by atoms with Gasteiger partial charge >= 0.3 is 0 Å². The van der Waals surface area contributed by atoms with Gasteiger partial charge in [-0.3, -0.25) is 9.59 Å². The van der Waals surface area contributed by atoms with Crippen molar-refractivity contribution in [2.75, 3.05) is 41.8 Å². The van der Waals surface area contributed by atoms with E-state index in [0.29, 0.717) is 83.4 Å². The number of pyridine rings is 1. The van der Waals surface area contributed by atoms with Crippen LogP contribution in [0, 0.1) is 0 Å². The topological polar surface area (TPSA) is 161 Å². The first-order valence-electron chi connectivity index (χ1n) is 13.5. The van der Waals surface area contributed by atoms with Crippen molar-refractivity contribution < 1.29 is 18.5 Å². The molecule has 1 saturated heterocycles. The summed E-state index contributed by atoms with van der Waals surface area (Å²) >= 11 is 1.30. The largest absolute Gasteiger partial charge is 0.439 e. The molecule has 0 bridgehead atoms. The molecule has 7 rings (SSSR count). The number of hydrogen-bond donors (Lipinski definition) is 4. The lowest BCUT2D eigenvalue weighted by Crippen LogP contribution is -2.42. The average molecular weight is 564 g/mol. The Kier molecular flexibility index (Phi) is 6.41. The molecule has 1 amide bonds. The quantitative estimate of drug-likeness (QED) is 0.272. The lowest BCUT2D eigenvalue weighted by Gasteiger charge is -2.30. The lowest BCUT2D eigenvalue weighted by atomic mass is 9.91. The van der Waals surface area contributed by atoms with Gasteiger partial charge in [-0.25, -0.2) is 4.98 Å². The molecule has 1 saturated carbocycles. The molecule has 3 aliphatic rings. The molecule has 0 spiro atoms. The van der Waals surface area contributed by atoms with Crippen LogP contribution in [0.15, 0.2) is 37.3 Å². The summed E-state index contributed by atoms with van der Waals surface area (Å²) in [5, 5.41) is 15.5. The molecule has 4 aromatic heterocycles. The number of hydrogen-bond acceptors (Lipinski definition) is 12. The van der Waals surface area contributed by atoms with Gasteiger partial charge in [0.15, 0.2) is 11.5 Å². The molecule has 0 radical (unpaired) electrons. The zero-order chi connectivity index (χ0) is 27.2. The van der Waals surface area contributed by atoms with Crippen molar-refractivity contribution in [3.05, 3.63) is 44.9 Å². The molecule has 208 valence electrons. The Bertz CT molecular complexity index is 1640. The van der Waals surface area contributed by atoms with Crippen molar-refractivity contribution in [3.8, 4) is 11.3 Å². The van der Waals surface area contributed by atoms with E-state index in [1.165, 1.54) is 17.4 Å². The molecule has 13 heteroatoms. The van der Waals surface area contributed by atoms with E-state index in [1.807, 2.05) is 16.3 Å². The number of nitrogens with two attached hydrogens (primary N) is 1. The Morgan fingerprint density at radius 3 is 2.83 bits per heavy atom. The molecule has 2 fully saturated rings. The van der Waals surface area contributed by atoms with Gasteiger partial charge in [0.05, 0.1) is 24.3 Å². The summed E-state index contributed by atoms with van der Waals surface area (Å²) in [4.78, 5) is 32.2. The Morgan fingerprint density at radius 2 is 1.98 bits per heavy atom. The molecule has 1 aliphatic carbocycles. The second-order valence-corrected chi connectivity index (χ2v) is 11.2. The number of amides is 1. The number of aromatic nitrogens is 2. The predicted molar refractivity (Wildman–Crippen MR) is 151 cm³/mol. The highest BCUT2D eigenvalue weighted by molar-refractivity contribution is 7.17. The van der Waals surface area contributed by atoms with Crippen molar-refractivity contribution in [3.63, 3.8) is 0 Å². The molecule has 6 heterocycles. The second kappa shape index (κ2) is 10.2. The van der Waals surface area contributed by atoms with E-state index in [-0.39, 0.29) is 23.4 Å². The predicted octanol–water partition coefficient (Wildman–Crippen LogP) is 3.41. The molecule has 0 unspecified atom stereocenters. The van der Waals surface area contributed by atoms with Crippen molar-refractivity contribution in [2.45, 2.75) is 44.3 Å². The summed E-state index contributed by atoms with van der Waals surface area (Å²) in [5.74, 6) is 1.64. The number of fused-ring (bicyclic) bond motifs is 2. The van der Waals surface area contributed by atoms with Crippen LogP contribution < -0.4 is 32.0 Å². The molecule has 12 nitrogen and oxygen atoms in total. The number of morpholine rings is 1. The van der Waals surface area contributed by atoms with Crippen LogP contribution in [0.4, 0.5) is 23.4 Å². The maximum absolute atomic E-state index is 12.8. The fourth-order valence-corrected chi connectivity index (χ4v) is 6.47. The van der Waals surface area contributed by atoms with Crippen LogP contribution in [0.1, 0.15) is 41.6 Å². The van der Waals surface area contributed by atoms with Crippen LogP contribution in [0.25, 0.3) is 21.5 Å². The molecule has 2 aliphatic heterocycles. The Balaban J connectivity index is 1.19. The molecule has 40 heavy (non-hydrogen) atoms. The van der Waals surface area contributed by atoms with Crippen molar-refractivity contribution in [2.24, 2.45) is 5.73 Å². The van der Waals surface area contributed by atoms with Gasteiger partial charge in [0.25, 0.3) is 5.91 Å². The van der Waals surface area contributed by atoms with Gasteiger partial charge in [0.2, 0.25) is 11.3 Å². The average Bonchev–Trinajstić information content (AvgIpc) is 3.69. The third-order valence-corrected chi connectivity index (χ3v) is 8.68. The normalized spacial score (nSPS) is 20.9. The second-order valence-electron chi connectivity index (χ2n) is 10.3. The van der Waals surface area contributed by atoms with Gasteiger partial charge in [0, 0.05) is 49.2 Å². The van der Waals surface area contributed by atoms with Crippen LogP contribution in [0.2, 0.25) is 0 Å². The summed E-state index contributed by atoms with van der Waals surface area (Å²) in [7, 11) is 0. The van der Waals surface area contributed by atoms with Crippen molar-refractivity contribution in [1.82, 2.24) is 15.5 Å². The van der Waals surface area contributed by atoms with Crippen molar-refractivity contribution >= 4 is 50.9 Å². The zero-order valence-corrected chi connectivity index (χ0v) is 22.5. The minimum Gasteiger partial charge on any atom is -0.439 e. The minimum absolute atomic E-state index is 0.0565. The SMILES string of the molecule is N[C@@H]1CCCC[C@@H]1Nc1cc2c(c(Nc3cc(-c4csc5c(=O)cc(N6CCOCC6)oc45)no3)n1)C(=O)NC2. The lowest BCUT2D eigenvalue weighted by molar-refractivity contribution is 0.0966. The highest BCUT2D eigenvalue weighted by Gasteiger charge is 2.28. The molecule has 2 atom stereocenters. The molecular weight excluding hydrogens is 534 g/mol. The van der Waals surface area contributed by atoms with Crippen LogP contribution >= 0.6 is 11.3 Å². The van der Waals surface area contributed by atoms with Crippen LogP contribution in [-0.4, -0.2) is 54.4 Å². The summed E-state index contributed by atoms with van der Waals surface area (Å²) < 4.78 is 17.7. The molecular formula is C27H29N7O5S. The monoisotopic (exact) mass is 563 g/mol. The Labute approximate surface area is 232 Å². The van der Waals surface area contributed by atoms with Gasteiger partial charge in [-0.1, -0.05) is 18.0 Å². The van der Waals surface area contributed by atoms with Gasteiger partial charge < -0.3 is 40.3 Å². The van der Waals surface area contributed by atoms with Crippen LogP contribution in [0.5, 0.6) is 0 Å². The fourth-order valence-electron chi connectivity index (χ4n) is 5.57. The maximum atomic E-state index is 12.8. The van der Waals surface area contributed by atoms with Gasteiger partial charge in [-0.2, -0.15) is 0 Å². The smallest absolute Gasteiger partial charge is 0.255 e. The van der Waals surface area contributed by atoms with Crippen LogP contribution in [-0.2, 0) is 11.3 Å². The van der Waals surface area contributed by atoms with E-state index in [9.17, 15) is 9.59 Å². The number of ether oxygens (including phenoxy) is 1. The first kappa shape index (κ1) is 25.1. The highest BCUT2D eigenvalue weighted by Crippen LogP contribution is 2.36. The molecule has 4 aromatic rings.